The zero-order chi connectivity index (χ0) is 16.8. The monoisotopic (exact) mass is 313 g/mol. The molecular weight excluding hydrogens is 278 g/mol. The summed E-state index contributed by atoms with van der Waals surface area (Å²) in [7, 11) is 0. The lowest BCUT2D eigenvalue weighted by Crippen LogP contribution is -2.56. The van der Waals surface area contributed by atoms with E-state index in [1.54, 1.807) is 0 Å². The number of aliphatic hydroxyl groups is 1. The molecule has 0 aliphatic carbocycles. The maximum atomic E-state index is 12.0. The van der Waals surface area contributed by atoms with Gasteiger partial charge < -0.3 is 15.7 Å². The number of likely N-dealkylation sites (tertiary alicyclic amines) is 1. The molecule has 0 bridgehead atoms. The molecule has 0 aromatic rings. The smallest absolute Gasteiger partial charge is 0.315 e. The number of aliphatic hydroxyl groups excluding tert-OH is 1. The van der Waals surface area contributed by atoms with Gasteiger partial charge in [-0.05, 0) is 52.0 Å². The fourth-order valence-electron chi connectivity index (χ4n) is 2.91. The minimum Gasteiger partial charge on any atom is -0.396 e. The Kier molecular flexibility index (Phi) is 7.63. The number of rotatable bonds is 7. The summed E-state index contributed by atoms with van der Waals surface area (Å²) in [5, 5.41) is 15.0. The summed E-state index contributed by atoms with van der Waals surface area (Å²) in [6, 6.07) is -0.183. The van der Waals surface area contributed by atoms with Gasteiger partial charge in [0, 0.05) is 31.3 Å². The van der Waals surface area contributed by atoms with Crippen LogP contribution in [-0.4, -0.2) is 53.9 Å². The van der Waals surface area contributed by atoms with Gasteiger partial charge in [0.1, 0.15) is 0 Å². The van der Waals surface area contributed by atoms with E-state index in [4.69, 9.17) is 5.11 Å². The van der Waals surface area contributed by atoms with Gasteiger partial charge in [0.15, 0.2) is 0 Å². The standard InChI is InChI=1S/C17H35N3O2/c1-6-15-8-7-9-20(10-15)17(4,5)12-18-16(22)19-14(3)13(2)11-21/h13-15,21H,6-12H2,1-5H3,(H2,18,19,22). The molecule has 130 valence electrons. The van der Waals surface area contributed by atoms with Gasteiger partial charge >= 0.3 is 6.03 Å². The van der Waals surface area contributed by atoms with Crippen molar-refractivity contribution in [2.24, 2.45) is 11.8 Å². The van der Waals surface area contributed by atoms with Crippen molar-refractivity contribution >= 4 is 6.03 Å². The van der Waals surface area contributed by atoms with Crippen molar-refractivity contribution in [3.63, 3.8) is 0 Å². The van der Waals surface area contributed by atoms with E-state index in [9.17, 15) is 4.79 Å². The molecule has 1 heterocycles. The molecule has 0 radical (unpaired) electrons. The highest BCUT2D eigenvalue weighted by Crippen LogP contribution is 2.25. The SMILES string of the molecule is CCC1CCCN(C(C)(C)CNC(=O)NC(C)C(C)CO)C1. The predicted molar refractivity (Wildman–Crippen MR) is 90.9 cm³/mol. The minimum atomic E-state index is -0.148. The third-order valence-electron chi connectivity index (χ3n) is 5.13. The van der Waals surface area contributed by atoms with E-state index >= 15 is 0 Å². The molecule has 3 N–H and O–H groups in total. The number of piperidine rings is 1. The van der Waals surface area contributed by atoms with E-state index in [0.717, 1.165) is 19.0 Å². The van der Waals surface area contributed by atoms with Crippen LogP contribution in [0.2, 0.25) is 0 Å². The normalized spacial score (nSPS) is 22.9. The number of urea groups is 1. The molecule has 0 saturated carbocycles. The molecule has 1 saturated heterocycles. The summed E-state index contributed by atoms with van der Waals surface area (Å²) in [5.41, 5.74) is -0.0307. The fraction of sp³-hybridized carbons (Fsp3) is 0.941. The molecule has 3 atom stereocenters. The lowest BCUT2D eigenvalue weighted by molar-refractivity contribution is 0.0664. The number of nitrogens with zero attached hydrogens (tertiary/aromatic N) is 1. The van der Waals surface area contributed by atoms with Crippen molar-refractivity contribution in [3.8, 4) is 0 Å². The first-order chi connectivity index (χ1) is 10.3. The lowest BCUT2D eigenvalue weighted by Gasteiger charge is -2.43. The summed E-state index contributed by atoms with van der Waals surface area (Å²) in [6.07, 6.45) is 3.81. The van der Waals surface area contributed by atoms with Crippen molar-refractivity contribution in [1.82, 2.24) is 15.5 Å². The number of nitrogens with one attached hydrogen (secondary N) is 2. The van der Waals surface area contributed by atoms with E-state index in [1.165, 1.54) is 19.3 Å². The van der Waals surface area contributed by atoms with Crippen molar-refractivity contribution < 1.29 is 9.90 Å². The van der Waals surface area contributed by atoms with Crippen LogP contribution in [0.15, 0.2) is 0 Å². The van der Waals surface area contributed by atoms with E-state index in [1.807, 2.05) is 13.8 Å². The van der Waals surface area contributed by atoms with Crippen LogP contribution in [0.5, 0.6) is 0 Å². The third-order valence-corrected chi connectivity index (χ3v) is 5.13. The number of hydrogen-bond acceptors (Lipinski definition) is 3. The van der Waals surface area contributed by atoms with Crippen LogP contribution in [0.1, 0.15) is 53.9 Å². The highest BCUT2D eigenvalue weighted by molar-refractivity contribution is 5.74. The molecule has 0 aromatic heterocycles. The van der Waals surface area contributed by atoms with E-state index in [0.29, 0.717) is 6.54 Å². The van der Waals surface area contributed by atoms with Crippen molar-refractivity contribution in [3.05, 3.63) is 0 Å². The van der Waals surface area contributed by atoms with Crippen LogP contribution in [-0.2, 0) is 0 Å². The number of hydrogen-bond donors (Lipinski definition) is 3. The summed E-state index contributed by atoms with van der Waals surface area (Å²) in [6.45, 7) is 13.5. The van der Waals surface area contributed by atoms with Crippen LogP contribution in [0.25, 0.3) is 0 Å². The zero-order valence-electron chi connectivity index (χ0n) is 15.0. The first kappa shape index (κ1) is 19.2. The number of carbonyl (C=O) groups excluding carboxylic acids is 1. The van der Waals surface area contributed by atoms with Crippen molar-refractivity contribution in [1.29, 1.82) is 0 Å². The molecule has 0 aromatic carbocycles. The zero-order valence-corrected chi connectivity index (χ0v) is 15.0. The first-order valence-corrected chi connectivity index (χ1v) is 8.70. The fourth-order valence-corrected chi connectivity index (χ4v) is 2.91. The molecule has 3 unspecified atom stereocenters. The van der Waals surface area contributed by atoms with Gasteiger partial charge in [-0.25, -0.2) is 4.79 Å². The maximum absolute atomic E-state index is 12.0. The largest absolute Gasteiger partial charge is 0.396 e. The lowest BCUT2D eigenvalue weighted by atomic mass is 9.91. The average molecular weight is 313 g/mol. The Labute approximate surface area is 135 Å². The Morgan fingerprint density at radius 3 is 2.68 bits per heavy atom. The van der Waals surface area contributed by atoms with Gasteiger partial charge in [-0.15, -0.1) is 0 Å². The van der Waals surface area contributed by atoms with Gasteiger partial charge in [0.05, 0.1) is 0 Å². The van der Waals surface area contributed by atoms with E-state index < -0.39 is 0 Å². The summed E-state index contributed by atoms with van der Waals surface area (Å²) < 4.78 is 0. The highest BCUT2D eigenvalue weighted by Gasteiger charge is 2.31. The van der Waals surface area contributed by atoms with Crippen LogP contribution in [0.3, 0.4) is 0 Å². The molecule has 1 aliphatic heterocycles. The Morgan fingerprint density at radius 2 is 2.09 bits per heavy atom. The summed E-state index contributed by atoms with van der Waals surface area (Å²) in [4.78, 5) is 14.5. The Balaban J connectivity index is 2.42. The second-order valence-electron chi connectivity index (χ2n) is 7.45. The molecule has 0 spiro atoms. The molecule has 5 heteroatoms. The number of carbonyl (C=O) groups is 1. The van der Waals surface area contributed by atoms with Crippen molar-refractivity contribution in [2.75, 3.05) is 26.2 Å². The van der Waals surface area contributed by atoms with Gasteiger partial charge in [-0.2, -0.15) is 0 Å². The third kappa shape index (κ3) is 5.76. The van der Waals surface area contributed by atoms with Gasteiger partial charge in [0.25, 0.3) is 0 Å². The quantitative estimate of drug-likeness (QED) is 0.675. The van der Waals surface area contributed by atoms with Crippen LogP contribution < -0.4 is 10.6 Å². The topological polar surface area (TPSA) is 64.6 Å². The second kappa shape index (κ2) is 8.73. The Bertz CT molecular complexity index is 347. The summed E-state index contributed by atoms with van der Waals surface area (Å²) in [5.74, 6) is 0.846. The van der Waals surface area contributed by atoms with Crippen LogP contribution >= 0.6 is 0 Å². The second-order valence-corrected chi connectivity index (χ2v) is 7.45. The Hall–Kier alpha value is -0.810. The van der Waals surface area contributed by atoms with Gasteiger partial charge in [-0.3, -0.25) is 4.90 Å². The molecule has 1 aliphatic rings. The molecule has 2 amide bonds. The average Bonchev–Trinajstić information content (AvgIpc) is 2.52. The van der Waals surface area contributed by atoms with Crippen molar-refractivity contribution in [2.45, 2.75) is 65.5 Å². The molecule has 22 heavy (non-hydrogen) atoms. The molecular formula is C17H35N3O2. The van der Waals surface area contributed by atoms with Gasteiger partial charge in [-0.1, -0.05) is 20.3 Å². The first-order valence-electron chi connectivity index (χ1n) is 8.70. The molecule has 1 fully saturated rings. The van der Waals surface area contributed by atoms with Crippen LogP contribution in [0, 0.1) is 11.8 Å². The molecule has 5 nitrogen and oxygen atoms in total. The summed E-state index contributed by atoms with van der Waals surface area (Å²) >= 11 is 0. The maximum Gasteiger partial charge on any atom is 0.315 e. The Morgan fingerprint density at radius 1 is 1.41 bits per heavy atom. The molecule has 1 rings (SSSR count). The van der Waals surface area contributed by atoms with Crippen LogP contribution in [0.4, 0.5) is 4.79 Å². The van der Waals surface area contributed by atoms with Gasteiger partial charge in [0.2, 0.25) is 0 Å². The minimum absolute atomic E-state index is 0.0307. The number of amides is 2. The van der Waals surface area contributed by atoms with E-state index in [2.05, 4.69) is 36.3 Å². The van der Waals surface area contributed by atoms with E-state index in [-0.39, 0.29) is 30.1 Å². The predicted octanol–water partition coefficient (Wildman–Crippen LogP) is 2.20. The highest BCUT2D eigenvalue weighted by atomic mass is 16.3.